The molecule has 0 atom stereocenters. The van der Waals surface area contributed by atoms with Crippen molar-refractivity contribution in [2.45, 2.75) is 0 Å². The zero-order chi connectivity index (χ0) is 24.0. The molecule has 6 aromatic rings. The van der Waals surface area contributed by atoms with E-state index in [1.54, 1.807) is 0 Å². The first kappa shape index (κ1) is 20.9. The summed E-state index contributed by atoms with van der Waals surface area (Å²) in [5.74, 6) is 0. The van der Waals surface area contributed by atoms with Crippen LogP contribution in [-0.2, 0) is 0 Å². The van der Waals surface area contributed by atoms with Crippen molar-refractivity contribution in [3.8, 4) is 27.9 Å². The zero-order valence-electron chi connectivity index (χ0n) is 19.8. The van der Waals surface area contributed by atoms with Crippen molar-refractivity contribution < 1.29 is 0 Å². The number of hydrogen-bond acceptors (Lipinski definition) is 1. The van der Waals surface area contributed by atoms with Gasteiger partial charge in [0.05, 0.1) is 11.0 Å². The van der Waals surface area contributed by atoms with Crippen LogP contribution in [0.5, 0.6) is 0 Å². The summed E-state index contributed by atoms with van der Waals surface area (Å²) in [6, 6.07) is 50.3. The third-order valence-electron chi connectivity index (χ3n) is 7.35. The van der Waals surface area contributed by atoms with Gasteiger partial charge in [0.2, 0.25) is 8.07 Å². The summed E-state index contributed by atoms with van der Waals surface area (Å²) in [6.07, 6.45) is 2.12. The highest BCUT2D eigenvalue weighted by Crippen LogP contribution is 2.29. The zero-order valence-corrected chi connectivity index (χ0v) is 20.8. The Morgan fingerprint density at radius 2 is 1.08 bits per heavy atom. The number of para-hydroxylation sites is 1. The normalized spacial score (nSPS) is 13.2. The molecule has 0 aliphatic carbocycles. The van der Waals surface area contributed by atoms with Gasteiger partial charge in [-0.15, -0.1) is 0 Å². The van der Waals surface area contributed by atoms with Gasteiger partial charge >= 0.3 is 0 Å². The average Bonchev–Trinajstić information content (AvgIpc) is 3.56. The molecule has 0 unspecified atom stereocenters. The van der Waals surface area contributed by atoms with E-state index in [0.29, 0.717) is 0 Å². The minimum absolute atomic E-state index is 1.07. The third kappa shape index (κ3) is 3.07. The van der Waals surface area contributed by atoms with Gasteiger partial charge in [0.25, 0.3) is 0 Å². The molecule has 0 spiro atoms. The topological polar surface area (TPSA) is 17.8 Å². The molecule has 170 valence electrons. The largest absolute Gasteiger partial charge is 0.241 e. The van der Waals surface area contributed by atoms with Crippen LogP contribution in [0, 0.1) is 0 Å². The molecule has 1 aliphatic rings. The van der Waals surface area contributed by atoms with Crippen LogP contribution >= 0.6 is 0 Å². The maximum atomic E-state index is 5.29. The third-order valence-corrected chi connectivity index (χ3v) is 12.0. The van der Waals surface area contributed by atoms with E-state index in [1.165, 1.54) is 37.8 Å². The molecule has 1 aromatic heterocycles. The predicted molar refractivity (Wildman–Crippen MR) is 152 cm³/mol. The van der Waals surface area contributed by atoms with Crippen molar-refractivity contribution in [2.75, 3.05) is 0 Å². The summed E-state index contributed by atoms with van der Waals surface area (Å²) in [6.45, 7) is 0. The molecule has 5 aromatic carbocycles. The van der Waals surface area contributed by atoms with E-state index >= 15 is 0 Å². The van der Waals surface area contributed by atoms with E-state index in [1.807, 2.05) is 10.7 Å². The van der Waals surface area contributed by atoms with Crippen LogP contribution in [0.1, 0.15) is 0 Å². The molecule has 3 heteroatoms. The fourth-order valence-electron chi connectivity index (χ4n) is 5.78. The highest BCUT2D eigenvalue weighted by atomic mass is 28.3. The molecule has 0 saturated heterocycles. The molecule has 0 fully saturated rings. The fourth-order valence-corrected chi connectivity index (χ4v) is 10.8. The van der Waals surface area contributed by atoms with E-state index in [-0.39, 0.29) is 0 Å². The Balaban J connectivity index is 1.54. The van der Waals surface area contributed by atoms with Gasteiger partial charge in [-0.2, -0.15) is 5.10 Å². The van der Waals surface area contributed by atoms with Crippen molar-refractivity contribution in [2.24, 2.45) is 0 Å². The summed E-state index contributed by atoms with van der Waals surface area (Å²) in [5.41, 5.74) is 6.21. The fraction of sp³-hybridized carbons (Fsp3) is 0. The quantitative estimate of drug-likeness (QED) is 0.331. The van der Waals surface area contributed by atoms with E-state index < -0.39 is 8.07 Å². The molecular weight excluding hydrogens is 452 g/mol. The van der Waals surface area contributed by atoms with Gasteiger partial charge in [0.15, 0.2) is 0 Å². The van der Waals surface area contributed by atoms with Gasteiger partial charge in [-0.3, -0.25) is 0 Å². The van der Waals surface area contributed by atoms with Crippen LogP contribution in [0.15, 0.2) is 146 Å². The molecule has 7 rings (SSSR count). The number of benzene rings is 5. The molecule has 0 radical (unpaired) electrons. The van der Waals surface area contributed by atoms with Gasteiger partial charge in [-0.05, 0) is 56.0 Å². The highest BCUT2D eigenvalue weighted by molar-refractivity contribution is 7.21. The number of fused-ring (bicyclic) bond motifs is 3. The Kier molecular flexibility index (Phi) is 4.83. The van der Waals surface area contributed by atoms with Crippen molar-refractivity contribution in [1.29, 1.82) is 0 Å². The van der Waals surface area contributed by atoms with Crippen LogP contribution in [0.3, 0.4) is 0 Å². The summed E-state index contributed by atoms with van der Waals surface area (Å²) in [4.78, 5) is 0. The van der Waals surface area contributed by atoms with E-state index in [2.05, 4.69) is 140 Å². The summed E-state index contributed by atoms with van der Waals surface area (Å²) < 4.78 is 2.02. The maximum Gasteiger partial charge on any atom is 0.205 e. The molecule has 0 saturated carbocycles. The van der Waals surface area contributed by atoms with Gasteiger partial charge in [-0.1, -0.05) is 121 Å². The standard InChI is InChI=1S/C33H24N2Si/c1-3-12-25(13-4-1)26-14-11-17-28(24-26)36(33-22-23-35(34-33)27-15-5-2-6-16-27)31-20-9-7-18-29(31)30-19-8-10-21-32(30)36/h1-24H. The predicted octanol–water partition coefficient (Wildman–Crippen LogP) is 4.90. The Morgan fingerprint density at radius 1 is 0.500 bits per heavy atom. The van der Waals surface area contributed by atoms with Crippen LogP contribution in [0.4, 0.5) is 0 Å². The second kappa shape index (κ2) is 8.33. The van der Waals surface area contributed by atoms with Crippen molar-refractivity contribution in [1.82, 2.24) is 9.78 Å². The first-order valence-corrected chi connectivity index (χ1v) is 14.3. The van der Waals surface area contributed by atoms with Crippen LogP contribution in [0.25, 0.3) is 27.9 Å². The summed E-state index contributed by atoms with van der Waals surface area (Å²) in [7, 11) is -2.63. The van der Waals surface area contributed by atoms with Gasteiger partial charge in [-0.25, -0.2) is 4.68 Å². The lowest BCUT2D eigenvalue weighted by Crippen LogP contribution is -2.73. The molecule has 36 heavy (non-hydrogen) atoms. The summed E-state index contributed by atoms with van der Waals surface area (Å²) in [5, 5.41) is 10.6. The minimum Gasteiger partial charge on any atom is -0.241 e. The maximum absolute atomic E-state index is 5.29. The molecule has 1 aliphatic heterocycles. The van der Waals surface area contributed by atoms with Gasteiger partial charge in [0, 0.05) is 6.20 Å². The molecule has 2 heterocycles. The van der Waals surface area contributed by atoms with E-state index in [4.69, 9.17) is 5.10 Å². The second-order valence-corrected chi connectivity index (χ2v) is 12.9. The Hall–Kier alpha value is -4.47. The Morgan fingerprint density at radius 3 is 1.78 bits per heavy atom. The second-order valence-electron chi connectivity index (χ2n) is 9.27. The first-order chi connectivity index (χ1) is 17.9. The minimum atomic E-state index is -2.63. The molecule has 0 N–H and O–H groups in total. The monoisotopic (exact) mass is 476 g/mol. The number of nitrogens with zero attached hydrogens (tertiary/aromatic N) is 2. The number of aromatic nitrogens is 2. The van der Waals surface area contributed by atoms with E-state index in [9.17, 15) is 0 Å². The summed E-state index contributed by atoms with van der Waals surface area (Å²) >= 11 is 0. The smallest absolute Gasteiger partial charge is 0.205 e. The lowest BCUT2D eigenvalue weighted by atomic mass is 10.1. The van der Waals surface area contributed by atoms with Crippen LogP contribution < -0.4 is 20.9 Å². The van der Waals surface area contributed by atoms with Crippen molar-refractivity contribution in [3.63, 3.8) is 0 Å². The van der Waals surface area contributed by atoms with Crippen LogP contribution in [-0.4, -0.2) is 17.9 Å². The molecule has 0 bridgehead atoms. The van der Waals surface area contributed by atoms with Gasteiger partial charge in [0.1, 0.15) is 0 Å². The van der Waals surface area contributed by atoms with Crippen molar-refractivity contribution >= 4 is 29.0 Å². The Bertz CT molecular complexity index is 1640. The van der Waals surface area contributed by atoms with Gasteiger partial charge < -0.3 is 0 Å². The number of rotatable bonds is 4. The van der Waals surface area contributed by atoms with Crippen LogP contribution in [0.2, 0.25) is 0 Å². The van der Waals surface area contributed by atoms with Crippen molar-refractivity contribution in [3.05, 3.63) is 146 Å². The molecule has 0 amide bonds. The molecular formula is C33H24N2Si. The SMILES string of the molecule is c1ccc(-c2cccc([Si]3(c4ccn(-c5ccccc5)n4)c4ccccc4-c4ccccc43)c2)cc1. The molecule has 2 nitrogen and oxygen atoms in total. The Labute approximate surface area is 212 Å². The average molecular weight is 477 g/mol. The number of hydrogen-bond donors (Lipinski definition) is 0. The lowest BCUT2D eigenvalue weighted by Gasteiger charge is -2.29. The van der Waals surface area contributed by atoms with E-state index in [0.717, 1.165) is 11.0 Å². The lowest BCUT2D eigenvalue weighted by molar-refractivity contribution is 0.891. The first-order valence-electron chi connectivity index (χ1n) is 12.3. The highest BCUT2D eigenvalue weighted by Gasteiger charge is 2.50.